The van der Waals surface area contributed by atoms with Gasteiger partial charge in [-0.2, -0.15) is 0 Å². The fourth-order valence-corrected chi connectivity index (χ4v) is 3.75. The highest BCUT2D eigenvalue weighted by molar-refractivity contribution is 6.06. The van der Waals surface area contributed by atoms with Crippen molar-refractivity contribution >= 4 is 16.7 Å². The molecule has 3 aromatic rings. The number of carbonyl (C=O) groups excluding carboxylic acids is 1. The summed E-state index contributed by atoms with van der Waals surface area (Å²) in [5, 5.41) is 11.4. The Morgan fingerprint density at radius 2 is 2.04 bits per heavy atom. The molecule has 1 fully saturated rings. The zero-order valence-electron chi connectivity index (χ0n) is 14.2. The molecule has 1 aliphatic rings. The van der Waals surface area contributed by atoms with Gasteiger partial charge in [-0.25, -0.2) is 4.39 Å². The number of phenolic OH excluding ortho intramolecular Hbond substituents is 1. The third kappa shape index (κ3) is 2.90. The van der Waals surface area contributed by atoms with Crippen LogP contribution < -0.4 is 0 Å². The summed E-state index contributed by atoms with van der Waals surface area (Å²) in [5.74, 6) is -1.08. The monoisotopic (exact) mass is 350 g/mol. The molecule has 0 aliphatic carbocycles. The lowest BCUT2D eigenvalue weighted by molar-refractivity contribution is 0.0708. The van der Waals surface area contributed by atoms with Gasteiger partial charge in [-0.05, 0) is 42.0 Å². The summed E-state index contributed by atoms with van der Waals surface area (Å²) >= 11 is 0. The van der Waals surface area contributed by atoms with E-state index >= 15 is 0 Å². The van der Waals surface area contributed by atoms with Crippen LogP contribution in [-0.4, -0.2) is 34.0 Å². The topological polar surface area (TPSA) is 53.4 Å². The summed E-state index contributed by atoms with van der Waals surface area (Å²) < 4.78 is 14.3. The maximum absolute atomic E-state index is 14.3. The number of aromatic hydroxyl groups is 1. The van der Waals surface area contributed by atoms with Crippen molar-refractivity contribution in [3.63, 3.8) is 0 Å². The smallest absolute Gasteiger partial charge is 0.254 e. The van der Waals surface area contributed by atoms with E-state index in [2.05, 4.69) is 4.98 Å². The second-order valence-electron chi connectivity index (χ2n) is 6.67. The lowest BCUT2D eigenvalue weighted by atomic mass is 9.89. The standard InChI is InChI=1S/C21H19FN2O2/c22-20-17(6-2-8-19(20)25)15-5-3-11-24(13-15)21(26)18-7-1-4-14-12-23-10-9-16(14)18/h1-2,4,6-10,12,15,25H,3,5,11,13H2. The summed E-state index contributed by atoms with van der Waals surface area (Å²) in [7, 11) is 0. The second-order valence-corrected chi connectivity index (χ2v) is 6.67. The Morgan fingerprint density at radius 1 is 1.19 bits per heavy atom. The van der Waals surface area contributed by atoms with Crippen molar-refractivity contribution in [2.45, 2.75) is 18.8 Å². The summed E-state index contributed by atoms with van der Waals surface area (Å²) in [6.45, 7) is 1.10. The van der Waals surface area contributed by atoms with Crippen molar-refractivity contribution in [3.8, 4) is 5.75 Å². The first-order chi connectivity index (χ1) is 12.6. The zero-order chi connectivity index (χ0) is 18.1. The first-order valence-electron chi connectivity index (χ1n) is 8.74. The van der Waals surface area contributed by atoms with E-state index in [1.54, 1.807) is 29.4 Å². The first kappa shape index (κ1) is 16.5. The lowest BCUT2D eigenvalue weighted by Gasteiger charge is -2.33. The second kappa shape index (κ2) is 6.75. The van der Waals surface area contributed by atoms with E-state index in [1.165, 1.54) is 6.07 Å². The number of piperidine rings is 1. The molecule has 0 radical (unpaired) electrons. The normalized spacial score (nSPS) is 17.4. The molecule has 4 nitrogen and oxygen atoms in total. The highest BCUT2D eigenvalue weighted by atomic mass is 19.1. The van der Waals surface area contributed by atoms with Crippen LogP contribution in [-0.2, 0) is 0 Å². The number of benzene rings is 2. The Labute approximate surface area is 150 Å². The Balaban J connectivity index is 1.63. The minimum atomic E-state index is -0.581. The lowest BCUT2D eigenvalue weighted by Crippen LogP contribution is -2.39. The van der Waals surface area contributed by atoms with E-state index in [4.69, 9.17) is 0 Å². The van der Waals surface area contributed by atoms with E-state index in [0.29, 0.717) is 24.2 Å². The van der Waals surface area contributed by atoms with Crippen molar-refractivity contribution < 1.29 is 14.3 Å². The molecular weight excluding hydrogens is 331 g/mol. The molecule has 2 heterocycles. The Morgan fingerprint density at radius 3 is 2.92 bits per heavy atom. The average molecular weight is 350 g/mol. The van der Waals surface area contributed by atoms with Crippen LogP contribution in [0.4, 0.5) is 4.39 Å². The molecule has 4 rings (SSSR count). The predicted molar refractivity (Wildman–Crippen MR) is 97.7 cm³/mol. The van der Waals surface area contributed by atoms with E-state index in [1.807, 2.05) is 24.3 Å². The van der Waals surface area contributed by atoms with Crippen LogP contribution in [0.25, 0.3) is 10.8 Å². The zero-order valence-corrected chi connectivity index (χ0v) is 14.2. The van der Waals surface area contributed by atoms with Gasteiger partial charge in [-0.1, -0.05) is 24.3 Å². The number of likely N-dealkylation sites (tertiary alicyclic amines) is 1. The van der Waals surface area contributed by atoms with Gasteiger partial charge in [0, 0.05) is 42.4 Å². The molecule has 1 saturated heterocycles. The number of rotatable bonds is 2. The van der Waals surface area contributed by atoms with Crippen LogP contribution in [0.2, 0.25) is 0 Å². The van der Waals surface area contributed by atoms with Crippen LogP contribution in [0.15, 0.2) is 54.9 Å². The van der Waals surface area contributed by atoms with E-state index < -0.39 is 5.82 Å². The quantitative estimate of drug-likeness (QED) is 0.757. The molecular formula is C21H19FN2O2. The van der Waals surface area contributed by atoms with Crippen molar-refractivity contribution in [1.29, 1.82) is 0 Å². The van der Waals surface area contributed by atoms with Gasteiger partial charge in [-0.3, -0.25) is 9.78 Å². The number of nitrogens with zero attached hydrogens (tertiary/aromatic N) is 2. The number of pyridine rings is 1. The summed E-state index contributed by atoms with van der Waals surface area (Å²) in [5.41, 5.74) is 1.12. The molecule has 5 heteroatoms. The average Bonchev–Trinajstić information content (AvgIpc) is 2.69. The Kier molecular flexibility index (Phi) is 4.29. The maximum Gasteiger partial charge on any atom is 0.254 e. The van der Waals surface area contributed by atoms with Gasteiger partial charge in [0.1, 0.15) is 0 Å². The predicted octanol–water partition coefficient (Wildman–Crippen LogP) is 4.10. The molecule has 1 amide bonds. The minimum Gasteiger partial charge on any atom is -0.505 e. The molecule has 1 N–H and O–H groups in total. The van der Waals surface area contributed by atoms with E-state index in [-0.39, 0.29) is 17.6 Å². The molecule has 0 bridgehead atoms. The van der Waals surface area contributed by atoms with E-state index in [0.717, 1.165) is 23.6 Å². The first-order valence-corrected chi connectivity index (χ1v) is 8.74. The Hall–Kier alpha value is -2.95. The molecule has 2 aromatic carbocycles. The number of carbonyl (C=O) groups is 1. The van der Waals surface area contributed by atoms with Crippen LogP contribution in [0.5, 0.6) is 5.75 Å². The van der Waals surface area contributed by atoms with Crippen molar-refractivity contribution in [3.05, 3.63) is 71.8 Å². The van der Waals surface area contributed by atoms with E-state index in [9.17, 15) is 14.3 Å². The van der Waals surface area contributed by atoms with Crippen LogP contribution in [0.1, 0.15) is 34.7 Å². The van der Waals surface area contributed by atoms with Crippen LogP contribution in [0.3, 0.4) is 0 Å². The van der Waals surface area contributed by atoms with Gasteiger partial charge in [0.25, 0.3) is 5.91 Å². The molecule has 1 atom stereocenters. The number of phenols is 1. The summed E-state index contributed by atoms with van der Waals surface area (Å²) in [6, 6.07) is 12.1. The van der Waals surface area contributed by atoms with Gasteiger partial charge >= 0.3 is 0 Å². The van der Waals surface area contributed by atoms with Crippen molar-refractivity contribution in [2.24, 2.45) is 0 Å². The van der Waals surface area contributed by atoms with Gasteiger partial charge in [0.15, 0.2) is 11.6 Å². The van der Waals surface area contributed by atoms with Crippen LogP contribution in [0, 0.1) is 5.82 Å². The molecule has 132 valence electrons. The SMILES string of the molecule is O=C(c1cccc2cnccc12)N1CCCC(c2cccc(O)c2F)C1. The summed E-state index contributed by atoms with van der Waals surface area (Å²) in [4.78, 5) is 19.0. The fraction of sp³-hybridized carbons (Fsp3) is 0.238. The molecule has 0 saturated carbocycles. The number of amides is 1. The molecule has 0 spiro atoms. The third-order valence-corrected chi connectivity index (χ3v) is 5.07. The number of hydrogen-bond acceptors (Lipinski definition) is 3. The van der Waals surface area contributed by atoms with Gasteiger partial charge in [0.2, 0.25) is 0 Å². The number of fused-ring (bicyclic) bond motifs is 1. The van der Waals surface area contributed by atoms with Gasteiger partial charge < -0.3 is 10.0 Å². The maximum atomic E-state index is 14.3. The largest absolute Gasteiger partial charge is 0.505 e. The minimum absolute atomic E-state index is 0.0490. The third-order valence-electron chi connectivity index (χ3n) is 5.07. The van der Waals surface area contributed by atoms with Gasteiger partial charge in [0.05, 0.1) is 0 Å². The highest BCUT2D eigenvalue weighted by Gasteiger charge is 2.28. The van der Waals surface area contributed by atoms with Crippen molar-refractivity contribution in [1.82, 2.24) is 9.88 Å². The number of halogens is 1. The van der Waals surface area contributed by atoms with Gasteiger partial charge in [-0.15, -0.1) is 0 Å². The molecule has 1 unspecified atom stereocenters. The fourth-order valence-electron chi connectivity index (χ4n) is 3.75. The number of hydrogen-bond donors (Lipinski definition) is 1. The molecule has 1 aliphatic heterocycles. The van der Waals surface area contributed by atoms with Crippen molar-refractivity contribution in [2.75, 3.05) is 13.1 Å². The Bertz CT molecular complexity index is 968. The number of aromatic nitrogens is 1. The summed E-state index contributed by atoms with van der Waals surface area (Å²) in [6.07, 6.45) is 5.02. The van der Waals surface area contributed by atoms with Crippen LogP contribution >= 0.6 is 0 Å². The molecule has 1 aromatic heterocycles. The molecule has 26 heavy (non-hydrogen) atoms. The highest BCUT2D eigenvalue weighted by Crippen LogP contribution is 2.32.